The van der Waals surface area contributed by atoms with E-state index in [9.17, 15) is 4.79 Å². The molecule has 0 unspecified atom stereocenters. The van der Waals surface area contributed by atoms with Crippen molar-refractivity contribution in [1.82, 2.24) is 10.3 Å². The maximum absolute atomic E-state index is 11.3. The zero-order chi connectivity index (χ0) is 12.7. The largest absolute Gasteiger partial charge is 0.396 e. The summed E-state index contributed by atoms with van der Waals surface area (Å²) in [7, 11) is 0. The number of carbonyl (C=O) groups excluding carboxylic acids is 1. The molecule has 1 rings (SSSR count). The van der Waals surface area contributed by atoms with Crippen molar-refractivity contribution in [3.05, 3.63) is 21.9 Å². The molecule has 4 N–H and O–H groups in total. The lowest BCUT2D eigenvalue weighted by Gasteiger charge is -2.18. The Morgan fingerprint density at radius 3 is 2.94 bits per heavy atom. The molecule has 96 valence electrons. The molecule has 0 aromatic carbocycles. The van der Waals surface area contributed by atoms with Crippen LogP contribution in [0, 0.1) is 0 Å². The summed E-state index contributed by atoms with van der Waals surface area (Å²) in [6, 6.07) is 3.72. The molecule has 1 aromatic rings. The minimum atomic E-state index is -0.250. The Hall–Kier alpha value is -0.950. The zero-order valence-corrected chi connectivity index (χ0v) is 10.8. The molecule has 0 aliphatic rings. The molecule has 1 aromatic heterocycles. The van der Waals surface area contributed by atoms with Crippen molar-refractivity contribution >= 4 is 17.2 Å². The molecule has 0 radical (unpaired) electrons. The van der Waals surface area contributed by atoms with Crippen LogP contribution in [0.25, 0.3) is 0 Å². The fourth-order valence-electron chi connectivity index (χ4n) is 1.52. The van der Waals surface area contributed by atoms with E-state index in [1.165, 1.54) is 11.3 Å². The molecule has 1 amide bonds. The van der Waals surface area contributed by atoms with Crippen LogP contribution < -0.4 is 11.3 Å². The minimum Gasteiger partial charge on any atom is -0.396 e. The number of thiophene rings is 1. The molecule has 0 fully saturated rings. The summed E-state index contributed by atoms with van der Waals surface area (Å²) in [4.78, 5) is 15.3. The van der Waals surface area contributed by atoms with E-state index in [2.05, 4.69) is 17.2 Å². The average molecular weight is 257 g/mol. The van der Waals surface area contributed by atoms with Gasteiger partial charge in [0.2, 0.25) is 0 Å². The van der Waals surface area contributed by atoms with Gasteiger partial charge < -0.3 is 5.11 Å². The summed E-state index contributed by atoms with van der Waals surface area (Å²) in [5.74, 6) is 4.83. The van der Waals surface area contributed by atoms with Gasteiger partial charge in [-0.1, -0.05) is 6.92 Å². The molecule has 17 heavy (non-hydrogen) atoms. The minimum absolute atomic E-state index is 0.210. The van der Waals surface area contributed by atoms with Crippen molar-refractivity contribution in [2.45, 2.75) is 19.9 Å². The quantitative estimate of drug-likeness (QED) is 0.379. The lowest BCUT2D eigenvalue weighted by molar-refractivity contribution is 0.0957. The van der Waals surface area contributed by atoms with Crippen LogP contribution in [-0.2, 0) is 6.54 Å². The highest BCUT2D eigenvalue weighted by atomic mass is 32.1. The maximum atomic E-state index is 11.3. The molecule has 5 nitrogen and oxygen atoms in total. The number of nitrogen functional groups attached to an aromatic ring is 1. The zero-order valence-electron chi connectivity index (χ0n) is 9.98. The first-order valence-electron chi connectivity index (χ1n) is 5.64. The number of nitrogens with zero attached hydrogens (tertiary/aromatic N) is 1. The lowest BCUT2D eigenvalue weighted by Crippen LogP contribution is -2.29. The summed E-state index contributed by atoms with van der Waals surface area (Å²) >= 11 is 1.45. The highest BCUT2D eigenvalue weighted by Gasteiger charge is 2.09. The van der Waals surface area contributed by atoms with Crippen molar-refractivity contribution in [2.24, 2.45) is 5.84 Å². The van der Waals surface area contributed by atoms with Crippen LogP contribution in [0.2, 0.25) is 0 Å². The number of hydrogen-bond acceptors (Lipinski definition) is 5. The van der Waals surface area contributed by atoms with Crippen LogP contribution >= 0.6 is 11.3 Å². The number of hydrogen-bond donors (Lipinski definition) is 3. The third-order valence-electron chi connectivity index (χ3n) is 2.48. The summed E-state index contributed by atoms with van der Waals surface area (Å²) in [6.07, 6.45) is 0.773. The van der Waals surface area contributed by atoms with Gasteiger partial charge in [0.05, 0.1) is 4.88 Å². The van der Waals surface area contributed by atoms with E-state index in [1.807, 2.05) is 6.07 Å². The molecular formula is C11H19N3O2S. The number of nitrogens with one attached hydrogen (secondary N) is 1. The average Bonchev–Trinajstić information content (AvgIpc) is 2.81. The first-order chi connectivity index (χ1) is 8.21. The fraction of sp³-hybridized carbons (Fsp3) is 0.545. The van der Waals surface area contributed by atoms with E-state index in [-0.39, 0.29) is 12.5 Å². The second-order valence-corrected chi connectivity index (χ2v) is 4.85. The van der Waals surface area contributed by atoms with Crippen molar-refractivity contribution in [3.63, 3.8) is 0 Å². The normalized spacial score (nSPS) is 10.8. The standard InChI is InChI=1S/C11H19N3O2S/c1-2-14(6-3-7-15)8-9-4-5-10(17-9)11(16)13-12/h4-5,15H,2-3,6-8,12H2,1H3,(H,13,16). The van der Waals surface area contributed by atoms with Gasteiger partial charge in [0.15, 0.2) is 0 Å². The first-order valence-corrected chi connectivity index (χ1v) is 6.45. The predicted octanol–water partition coefficient (Wildman–Crippen LogP) is 0.556. The van der Waals surface area contributed by atoms with Crippen LogP contribution in [0.1, 0.15) is 27.9 Å². The first kappa shape index (κ1) is 14.1. The number of aliphatic hydroxyl groups excluding tert-OH is 1. The third-order valence-corrected chi connectivity index (χ3v) is 3.54. The smallest absolute Gasteiger partial charge is 0.275 e. The Labute approximate surface area is 105 Å². The Balaban J connectivity index is 2.54. The van der Waals surface area contributed by atoms with E-state index >= 15 is 0 Å². The third kappa shape index (κ3) is 4.43. The molecule has 6 heteroatoms. The van der Waals surface area contributed by atoms with Crippen molar-refractivity contribution in [3.8, 4) is 0 Å². The van der Waals surface area contributed by atoms with Gasteiger partial charge in [-0.2, -0.15) is 0 Å². The predicted molar refractivity (Wildman–Crippen MR) is 68.6 cm³/mol. The second kappa shape index (κ2) is 7.39. The monoisotopic (exact) mass is 257 g/mol. The summed E-state index contributed by atoms with van der Waals surface area (Å²) in [5, 5.41) is 8.79. The topological polar surface area (TPSA) is 78.6 Å². The van der Waals surface area contributed by atoms with E-state index in [0.29, 0.717) is 4.88 Å². The Kier molecular flexibility index (Phi) is 6.13. The van der Waals surface area contributed by atoms with E-state index < -0.39 is 0 Å². The van der Waals surface area contributed by atoms with E-state index in [4.69, 9.17) is 10.9 Å². The highest BCUT2D eigenvalue weighted by Crippen LogP contribution is 2.18. The van der Waals surface area contributed by atoms with E-state index in [0.717, 1.165) is 30.9 Å². The second-order valence-electron chi connectivity index (χ2n) is 3.69. The van der Waals surface area contributed by atoms with Gasteiger partial charge in [0.25, 0.3) is 5.91 Å². The molecule has 0 aliphatic carbocycles. The van der Waals surface area contributed by atoms with Gasteiger partial charge in [-0.15, -0.1) is 11.3 Å². The van der Waals surface area contributed by atoms with E-state index in [1.54, 1.807) is 6.07 Å². The van der Waals surface area contributed by atoms with Crippen LogP contribution in [0.4, 0.5) is 0 Å². The van der Waals surface area contributed by atoms with Gasteiger partial charge in [0.1, 0.15) is 0 Å². The number of nitrogens with two attached hydrogens (primary N) is 1. The molecule has 0 aliphatic heterocycles. The van der Waals surface area contributed by atoms with Crippen molar-refractivity contribution in [2.75, 3.05) is 19.7 Å². The van der Waals surface area contributed by atoms with Crippen LogP contribution in [0.3, 0.4) is 0 Å². The van der Waals surface area contributed by atoms with Gasteiger partial charge in [-0.3, -0.25) is 15.1 Å². The molecular weight excluding hydrogens is 238 g/mol. The number of carbonyl (C=O) groups is 1. The maximum Gasteiger partial charge on any atom is 0.275 e. The molecule has 1 heterocycles. The van der Waals surface area contributed by atoms with Gasteiger partial charge in [-0.05, 0) is 25.1 Å². The van der Waals surface area contributed by atoms with Crippen molar-refractivity contribution in [1.29, 1.82) is 0 Å². The molecule has 0 spiro atoms. The lowest BCUT2D eigenvalue weighted by atomic mass is 10.3. The van der Waals surface area contributed by atoms with Gasteiger partial charge >= 0.3 is 0 Å². The number of amides is 1. The van der Waals surface area contributed by atoms with Gasteiger partial charge in [0, 0.05) is 24.6 Å². The molecule has 0 atom stereocenters. The van der Waals surface area contributed by atoms with Crippen LogP contribution in [-0.4, -0.2) is 35.6 Å². The Bertz CT molecular complexity index is 354. The Morgan fingerprint density at radius 1 is 1.59 bits per heavy atom. The highest BCUT2D eigenvalue weighted by molar-refractivity contribution is 7.14. The molecule has 0 saturated heterocycles. The number of aliphatic hydroxyl groups is 1. The molecule has 0 bridgehead atoms. The number of rotatable bonds is 7. The number of hydrazine groups is 1. The van der Waals surface area contributed by atoms with Crippen LogP contribution in [0.5, 0.6) is 0 Å². The van der Waals surface area contributed by atoms with Crippen LogP contribution in [0.15, 0.2) is 12.1 Å². The summed E-state index contributed by atoms with van der Waals surface area (Å²) in [5.41, 5.74) is 2.12. The summed E-state index contributed by atoms with van der Waals surface area (Å²) in [6.45, 7) is 4.89. The van der Waals surface area contributed by atoms with Crippen molar-refractivity contribution < 1.29 is 9.90 Å². The molecule has 0 saturated carbocycles. The Morgan fingerprint density at radius 2 is 2.35 bits per heavy atom. The fourth-order valence-corrected chi connectivity index (χ4v) is 2.47. The SMILES string of the molecule is CCN(CCCO)Cc1ccc(C(=O)NN)s1. The summed E-state index contributed by atoms with van der Waals surface area (Å²) < 4.78 is 0. The van der Waals surface area contributed by atoms with Gasteiger partial charge in [-0.25, -0.2) is 5.84 Å².